The van der Waals surface area contributed by atoms with E-state index < -0.39 is 0 Å². The topological polar surface area (TPSA) is 42.9 Å². The third kappa shape index (κ3) is 3.14. The Morgan fingerprint density at radius 1 is 1.37 bits per heavy atom. The normalized spacial score (nSPS) is 11.0. The summed E-state index contributed by atoms with van der Waals surface area (Å²) in [5, 5.41) is 4.90. The first-order valence-electron chi connectivity index (χ1n) is 5.79. The van der Waals surface area contributed by atoms with Crippen LogP contribution in [-0.2, 0) is 6.42 Å². The summed E-state index contributed by atoms with van der Waals surface area (Å²) in [4.78, 5) is 12.9. The van der Waals surface area contributed by atoms with Crippen molar-refractivity contribution < 1.29 is 4.79 Å². The Morgan fingerprint density at radius 3 is 2.79 bits per heavy atom. The molecule has 1 aromatic carbocycles. The van der Waals surface area contributed by atoms with Crippen LogP contribution < -0.4 is 0 Å². The van der Waals surface area contributed by atoms with Gasteiger partial charge < -0.3 is 0 Å². The zero-order chi connectivity index (χ0) is 14.0. The van der Waals surface area contributed by atoms with Crippen LogP contribution in [0.15, 0.2) is 18.2 Å². The summed E-state index contributed by atoms with van der Waals surface area (Å²) in [7, 11) is 0. The predicted molar refractivity (Wildman–Crippen MR) is 78.5 cm³/mol. The highest BCUT2D eigenvalue weighted by atomic mass is 35.5. The number of hydrogen-bond acceptors (Lipinski definition) is 4. The van der Waals surface area contributed by atoms with Gasteiger partial charge in [-0.25, -0.2) is 0 Å². The molecule has 6 heteroatoms. The minimum Gasteiger partial charge on any atom is -0.293 e. The minimum absolute atomic E-state index is 0.0251. The maximum Gasteiger partial charge on any atom is 0.180 e. The standard InChI is InChI=1S/C13H12Cl2N2OS/c1-7(2)12-13(19-17-16-12)10(18)6-8-4-3-5-9(14)11(8)15/h3-5,7H,6H2,1-2H3. The molecule has 0 bridgehead atoms. The number of rotatable bonds is 4. The van der Waals surface area contributed by atoms with Crippen molar-refractivity contribution in [2.45, 2.75) is 26.2 Å². The number of halogens is 2. The van der Waals surface area contributed by atoms with Crippen molar-refractivity contribution in [3.63, 3.8) is 0 Å². The summed E-state index contributed by atoms with van der Waals surface area (Å²) >= 11 is 13.2. The van der Waals surface area contributed by atoms with Gasteiger partial charge >= 0.3 is 0 Å². The van der Waals surface area contributed by atoms with E-state index in [-0.39, 0.29) is 18.1 Å². The molecule has 0 atom stereocenters. The quantitative estimate of drug-likeness (QED) is 0.786. The number of carbonyl (C=O) groups excluding carboxylic acids is 1. The van der Waals surface area contributed by atoms with E-state index >= 15 is 0 Å². The van der Waals surface area contributed by atoms with Gasteiger partial charge in [-0.3, -0.25) is 4.79 Å². The lowest BCUT2D eigenvalue weighted by Crippen LogP contribution is -2.06. The molecule has 0 aliphatic heterocycles. The van der Waals surface area contributed by atoms with Gasteiger partial charge in [-0.2, -0.15) is 0 Å². The molecule has 0 spiro atoms. The molecule has 0 saturated heterocycles. The van der Waals surface area contributed by atoms with Crippen LogP contribution in [0.25, 0.3) is 0 Å². The first-order chi connectivity index (χ1) is 9.00. The lowest BCUT2D eigenvalue weighted by Gasteiger charge is -2.06. The molecule has 2 aromatic rings. The minimum atomic E-state index is -0.0251. The van der Waals surface area contributed by atoms with Gasteiger partial charge in [-0.05, 0) is 29.1 Å². The van der Waals surface area contributed by atoms with Gasteiger partial charge in [0, 0.05) is 6.42 Å². The van der Waals surface area contributed by atoms with Gasteiger partial charge in [0.05, 0.1) is 15.7 Å². The average molecular weight is 315 g/mol. The Balaban J connectivity index is 2.26. The highest BCUT2D eigenvalue weighted by molar-refractivity contribution is 7.08. The predicted octanol–water partition coefficient (Wildman–Crippen LogP) is 4.39. The number of carbonyl (C=O) groups is 1. The van der Waals surface area contributed by atoms with E-state index in [4.69, 9.17) is 23.2 Å². The van der Waals surface area contributed by atoms with Crippen molar-refractivity contribution in [2.24, 2.45) is 0 Å². The number of nitrogens with zero attached hydrogens (tertiary/aromatic N) is 2. The summed E-state index contributed by atoms with van der Waals surface area (Å²) in [5.74, 6) is 0.149. The molecular formula is C13H12Cl2N2OS. The molecular weight excluding hydrogens is 303 g/mol. The fourth-order valence-electron chi connectivity index (χ4n) is 1.71. The second kappa shape index (κ2) is 5.99. The second-order valence-electron chi connectivity index (χ2n) is 4.45. The zero-order valence-corrected chi connectivity index (χ0v) is 12.8. The summed E-state index contributed by atoms with van der Waals surface area (Å²) in [6.07, 6.45) is 0.211. The van der Waals surface area contributed by atoms with Crippen LogP contribution in [0.5, 0.6) is 0 Å². The van der Waals surface area contributed by atoms with Crippen LogP contribution >= 0.6 is 34.7 Å². The Hall–Kier alpha value is -0.970. The van der Waals surface area contributed by atoms with E-state index in [1.54, 1.807) is 18.2 Å². The average Bonchev–Trinajstić information content (AvgIpc) is 2.84. The first kappa shape index (κ1) is 14.4. The van der Waals surface area contributed by atoms with Gasteiger partial charge in [0.1, 0.15) is 4.88 Å². The lowest BCUT2D eigenvalue weighted by molar-refractivity contribution is 0.0995. The molecule has 0 radical (unpaired) electrons. The van der Waals surface area contributed by atoms with Crippen molar-refractivity contribution in [3.8, 4) is 0 Å². The second-order valence-corrected chi connectivity index (χ2v) is 5.99. The fourth-order valence-corrected chi connectivity index (χ4v) is 2.85. The number of aromatic nitrogens is 2. The van der Waals surface area contributed by atoms with Gasteiger partial charge in [0.25, 0.3) is 0 Å². The van der Waals surface area contributed by atoms with E-state index in [1.807, 2.05) is 13.8 Å². The molecule has 19 heavy (non-hydrogen) atoms. The number of benzene rings is 1. The first-order valence-corrected chi connectivity index (χ1v) is 7.32. The Kier molecular flexibility index (Phi) is 4.55. The van der Waals surface area contributed by atoms with Crippen molar-refractivity contribution in [2.75, 3.05) is 0 Å². The van der Waals surface area contributed by atoms with E-state index in [2.05, 4.69) is 9.59 Å². The molecule has 0 amide bonds. The zero-order valence-electron chi connectivity index (χ0n) is 10.5. The summed E-state index contributed by atoms with van der Waals surface area (Å²) in [5.41, 5.74) is 1.47. The molecule has 100 valence electrons. The lowest BCUT2D eigenvalue weighted by atomic mass is 10.0. The van der Waals surface area contributed by atoms with Crippen LogP contribution in [0.1, 0.15) is 40.7 Å². The van der Waals surface area contributed by atoms with Crippen LogP contribution in [0.4, 0.5) is 0 Å². The molecule has 0 saturated carbocycles. The van der Waals surface area contributed by atoms with Crippen molar-refractivity contribution in [1.82, 2.24) is 9.59 Å². The van der Waals surface area contributed by atoms with E-state index in [0.717, 1.165) is 22.8 Å². The van der Waals surface area contributed by atoms with E-state index in [0.29, 0.717) is 14.9 Å². The Morgan fingerprint density at radius 2 is 2.11 bits per heavy atom. The summed E-state index contributed by atoms with van der Waals surface area (Å²) in [6.45, 7) is 3.97. The number of hydrogen-bond donors (Lipinski definition) is 0. The van der Waals surface area contributed by atoms with Gasteiger partial charge in [-0.15, -0.1) is 5.10 Å². The number of Topliss-reactive ketones (excluding diaryl/α,β-unsaturated/α-hetero) is 1. The van der Waals surface area contributed by atoms with Crippen molar-refractivity contribution >= 4 is 40.5 Å². The van der Waals surface area contributed by atoms with Crippen LogP contribution in [0, 0.1) is 0 Å². The molecule has 0 unspecified atom stereocenters. The fraction of sp³-hybridized carbons (Fsp3) is 0.308. The SMILES string of the molecule is CC(C)c1nnsc1C(=O)Cc1cccc(Cl)c1Cl. The van der Waals surface area contributed by atoms with Crippen LogP contribution in [0.2, 0.25) is 10.0 Å². The molecule has 1 heterocycles. The highest BCUT2D eigenvalue weighted by Crippen LogP contribution is 2.28. The van der Waals surface area contributed by atoms with E-state index in [9.17, 15) is 4.79 Å². The molecule has 0 N–H and O–H groups in total. The Bertz CT molecular complexity index is 610. The largest absolute Gasteiger partial charge is 0.293 e. The van der Waals surface area contributed by atoms with Crippen molar-refractivity contribution in [1.29, 1.82) is 0 Å². The van der Waals surface area contributed by atoms with Gasteiger partial charge in [0.15, 0.2) is 5.78 Å². The summed E-state index contributed by atoms with van der Waals surface area (Å²) in [6, 6.07) is 5.28. The molecule has 0 aliphatic carbocycles. The van der Waals surface area contributed by atoms with E-state index in [1.165, 1.54) is 0 Å². The maximum atomic E-state index is 12.3. The third-order valence-electron chi connectivity index (χ3n) is 2.70. The van der Waals surface area contributed by atoms with Gasteiger partial charge in [-0.1, -0.05) is 53.7 Å². The van der Waals surface area contributed by atoms with Crippen LogP contribution in [0.3, 0.4) is 0 Å². The molecule has 2 rings (SSSR count). The van der Waals surface area contributed by atoms with Gasteiger partial charge in [0.2, 0.25) is 0 Å². The highest BCUT2D eigenvalue weighted by Gasteiger charge is 2.20. The van der Waals surface area contributed by atoms with Crippen LogP contribution in [-0.4, -0.2) is 15.4 Å². The molecule has 3 nitrogen and oxygen atoms in total. The maximum absolute atomic E-state index is 12.3. The Labute approximate surface area is 125 Å². The monoisotopic (exact) mass is 314 g/mol. The summed E-state index contributed by atoms with van der Waals surface area (Å²) < 4.78 is 3.86. The molecule has 0 aliphatic rings. The smallest absolute Gasteiger partial charge is 0.180 e. The number of ketones is 1. The molecule has 0 fully saturated rings. The van der Waals surface area contributed by atoms with Crippen molar-refractivity contribution in [3.05, 3.63) is 44.4 Å². The molecule has 1 aromatic heterocycles. The third-order valence-corrected chi connectivity index (χ3v) is 4.34.